The van der Waals surface area contributed by atoms with Gasteiger partial charge in [-0.1, -0.05) is 12.1 Å². The van der Waals surface area contributed by atoms with Crippen LogP contribution in [0.3, 0.4) is 0 Å². The number of rotatable bonds is 3. The van der Waals surface area contributed by atoms with E-state index in [-0.39, 0.29) is 30.0 Å². The Bertz CT molecular complexity index is 768. The largest absolute Gasteiger partial charge is 0.391 e. The molecule has 2 aromatic rings. The lowest BCUT2D eigenvalue weighted by atomic mass is 10.0. The Morgan fingerprint density at radius 3 is 2.88 bits per heavy atom. The van der Waals surface area contributed by atoms with Crippen LogP contribution in [0.2, 0.25) is 0 Å². The number of nitrogens with one attached hydrogen (secondary N) is 1. The van der Waals surface area contributed by atoms with E-state index < -0.39 is 6.10 Å². The van der Waals surface area contributed by atoms with Gasteiger partial charge in [0.2, 0.25) is 5.95 Å². The molecule has 0 saturated carbocycles. The summed E-state index contributed by atoms with van der Waals surface area (Å²) < 4.78 is 13.5. The first-order valence-corrected chi connectivity index (χ1v) is 7.76. The molecule has 3 rings (SSSR count). The maximum absolute atomic E-state index is 13.5. The smallest absolute Gasteiger partial charge is 0.273 e. The van der Waals surface area contributed by atoms with Gasteiger partial charge in [0.25, 0.3) is 5.91 Å². The van der Waals surface area contributed by atoms with Crippen LogP contribution in [-0.4, -0.2) is 45.6 Å². The molecule has 1 saturated heterocycles. The zero-order valence-corrected chi connectivity index (χ0v) is 13.5. The first kappa shape index (κ1) is 16.3. The number of halogens is 1. The maximum atomic E-state index is 13.5. The van der Waals surface area contributed by atoms with Gasteiger partial charge in [-0.2, -0.15) is 0 Å². The monoisotopic (exact) mass is 330 g/mol. The van der Waals surface area contributed by atoms with Gasteiger partial charge in [0.15, 0.2) is 0 Å². The molecule has 1 aromatic carbocycles. The molecule has 0 unspecified atom stereocenters. The van der Waals surface area contributed by atoms with Gasteiger partial charge >= 0.3 is 0 Å². The molecule has 1 amide bonds. The number of hydrogen-bond acceptors (Lipinski definition) is 5. The molecule has 1 fully saturated rings. The lowest BCUT2D eigenvalue weighted by Gasteiger charge is -2.24. The fourth-order valence-corrected chi connectivity index (χ4v) is 3.01. The van der Waals surface area contributed by atoms with Gasteiger partial charge in [-0.15, -0.1) is 0 Å². The molecule has 1 aliphatic rings. The van der Waals surface area contributed by atoms with Crippen LogP contribution in [0.25, 0.3) is 0 Å². The average molecular weight is 330 g/mol. The fraction of sp³-hybridized carbons (Fsp3) is 0.353. The van der Waals surface area contributed by atoms with Gasteiger partial charge in [-0.25, -0.2) is 14.4 Å². The van der Waals surface area contributed by atoms with Gasteiger partial charge < -0.3 is 15.3 Å². The van der Waals surface area contributed by atoms with Gasteiger partial charge in [0.1, 0.15) is 11.5 Å². The molecular formula is C17H19FN4O2. The summed E-state index contributed by atoms with van der Waals surface area (Å²) in [7, 11) is 1.68. The third-order valence-corrected chi connectivity index (χ3v) is 4.07. The Balaban J connectivity index is 1.94. The Kier molecular flexibility index (Phi) is 4.44. The lowest BCUT2D eigenvalue weighted by Crippen LogP contribution is -2.32. The molecular weight excluding hydrogens is 311 g/mol. The molecule has 0 radical (unpaired) electrons. The zero-order valence-electron chi connectivity index (χ0n) is 13.5. The van der Waals surface area contributed by atoms with Crippen LogP contribution in [-0.2, 0) is 0 Å². The second-order valence-corrected chi connectivity index (χ2v) is 5.89. The molecule has 7 heteroatoms. The summed E-state index contributed by atoms with van der Waals surface area (Å²) in [6, 6.07) is 7.34. The minimum absolute atomic E-state index is 0.192. The third kappa shape index (κ3) is 3.21. The second kappa shape index (κ2) is 6.52. The number of β-amino-alcohol motifs (C(OH)–C–C–N with tert-alkyl or cyclic N) is 1. The molecule has 0 aliphatic carbocycles. The first-order chi connectivity index (χ1) is 11.5. The van der Waals surface area contributed by atoms with Crippen molar-refractivity contribution in [2.75, 3.05) is 18.9 Å². The van der Waals surface area contributed by atoms with Crippen molar-refractivity contribution < 1.29 is 14.3 Å². The summed E-state index contributed by atoms with van der Waals surface area (Å²) in [4.78, 5) is 22.8. The van der Waals surface area contributed by atoms with Crippen molar-refractivity contribution >= 4 is 11.9 Å². The number of amides is 1. The van der Waals surface area contributed by atoms with E-state index in [2.05, 4.69) is 15.3 Å². The van der Waals surface area contributed by atoms with E-state index in [1.807, 2.05) is 0 Å². The molecule has 2 atom stereocenters. The molecule has 0 spiro atoms. The summed E-state index contributed by atoms with van der Waals surface area (Å²) in [5, 5.41) is 12.8. The number of aliphatic hydroxyl groups excluding tert-OH is 1. The Labute approximate surface area is 139 Å². The number of aliphatic hydroxyl groups is 1. The van der Waals surface area contributed by atoms with Crippen molar-refractivity contribution in [1.82, 2.24) is 14.9 Å². The normalized spacial score (nSPS) is 20.2. The van der Waals surface area contributed by atoms with Crippen LogP contribution >= 0.6 is 0 Å². The van der Waals surface area contributed by atoms with Crippen molar-refractivity contribution in [3.63, 3.8) is 0 Å². The quantitative estimate of drug-likeness (QED) is 0.899. The van der Waals surface area contributed by atoms with Gasteiger partial charge in [0, 0.05) is 19.3 Å². The Hall–Kier alpha value is -2.54. The predicted octanol–water partition coefficient (Wildman–Crippen LogP) is 1.91. The number of carbonyl (C=O) groups excluding carboxylic acids is 1. The average Bonchev–Trinajstić information content (AvgIpc) is 2.95. The van der Waals surface area contributed by atoms with Crippen LogP contribution in [0.15, 0.2) is 30.3 Å². The zero-order chi connectivity index (χ0) is 17.3. The van der Waals surface area contributed by atoms with E-state index in [9.17, 15) is 14.3 Å². The third-order valence-electron chi connectivity index (χ3n) is 4.07. The summed E-state index contributed by atoms with van der Waals surface area (Å²) in [5.74, 6) is -0.306. The van der Waals surface area contributed by atoms with Crippen LogP contribution in [0.1, 0.15) is 34.2 Å². The van der Waals surface area contributed by atoms with Crippen LogP contribution in [0, 0.1) is 12.7 Å². The van der Waals surface area contributed by atoms with E-state index in [1.54, 1.807) is 37.1 Å². The number of anilines is 1. The van der Waals surface area contributed by atoms with Crippen molar-refractivity contribution in [2.24, 2.45) is 0 Å². The predicted molar refractivity (Wildman–Crippen MR) is 87.1 cm³/mol. The van der Waals surface area contributed by atoms with Crippen molar-refractivity contribution in [3.8, 4) is 0 Å². The highest BCUT2D eigenvalue weighted by Gasteiger charge is 2.36. The van der Waals surface area contributed by atoms with Gasteiger partial charge in [-0.05, 0) is 37.1 Å². The SMILES string of the molecule is CNc1nc(C)cc(C(=O)N2C[C@@H](O)C[C@@H]2c2cccc(F)c2)n1. The number of hydrogen-bond donors (Lipinski definition) is 2. The van der Waals surface area contributed by atoms with Crippen molar-refractivity contribution in [3.05, 3.63) is 53.1 Å². The van der Waals surface area contributed by atoms with E-state index >= 15 is 0 Å². The van der Waals surface area contributed by atoms with Crippen LogP contribution < -0.4 is 5.32 Å². The van der Waals surface area contributed by atoms with Crippen LogP contribution in [0.5, 0.6) is 0 Å². The summed E-state index contributed by atoms with van der Waals surface area (Å²) >= 11 is 0. The molecule has 1 aliphatic heterocycles. The molecule has 6 nitrogen and oxygen atoms in total. The standard InChI is InChI=1S/C17H19FN4O2/c1-10-6-14(21-17(19-2)20-10)16(24)22-9-13(23)8-15(22)11-4-3-5-12(18)7-11/h3-7,13,15,23H,8-9H2,1-2H3,(H,19,20,21)/t13-,15+/m0/s1. The molecule has 0 bridgehead atoms. The summed E-state index contributed by atoms with van der Waals surface area (Å²) in [5.41, 5.74) is 1.58. The van der Waals surface area contributed by atoms with Crippen LogP contribution in [0.4, 0.5) is 10.3 Å². The molecule has 1 aromatic heterocycles. The number of benzene rings is 1. The topological polar surface area (TPSA) is 78.4 Å². The van der Waals surface area contributed by atoms with Crippen molar-refractivity contribution in [2.45, 2.75) is 25.5 Å². The number of aryl methyl sites for hydroxylation is 1. The molecule has 126 valence electrons. The van der Waals surface area contributed by atoms with E-state index in [0.29, 0.717) is 23.6 Å². The van der Waals surface area contributed by atoms with Gasteiger partial charge in [-0.3, -0.25) is 4.79 Å². The number of likely N-dealkylation sites (tertiary alicyclic amines) is 1. The number of carbonyl (C=O) groups is 1. The summed E-state index contributed by atoms with van der Waals surface area (Å²) in [6.07, 6.45) is -0.271. The minimum atomic E-state index is -0.645. The Morgan fingerprint density at radius 2 is 2.17 bits per heavy atom. The molecule has 2 N–H and O–H groups in total. The highest BCUT2D eigenvalue weighted by Crippen LogP contribution is 2.33. The molecule has 24 heavy (non-hydrogen) atoms. The highest BCUT2D eigenvalue weighted by atomic mass is 19.1. The number of nitrogens with zero attached hydrogens (tertiary/aromatic N) is 3. The van der Waals surface area contributed by atoms with Gasteiger partial charge in [0.05, 0.1) is 12.1 Å². The first-order valence-electron chi connectivity index (χ1n) is 7.76. The maximum Gasteiger partial charge on any atom is 0.273 e. The van der Waals surface area contributed by atoms with Crippen molar-refractivity contribution in [1.29, 1.82) is 0 Å². The highest BCUT2D eigenvalue weighted by molar-refractivity contribution is 5.93. The van der Waals surface area contributed by atoms with E-state index in [1.165, 1.54) is 12.1 Å². The number of aromatic nitrogens is 2. The molecule has 2 heterocycles. The second-order valence-electron chi connectivity index (χ2n) is 5.89. The Morgan fingerprint density at radius 1 is 1.38 bits per heavy atom. The van der Waals surface area contributed by atoms with E-state index in [4.69, 9.17) is 0 Å². The minimum Gasteiger partial charge on any atom is -0.391 e. The van der Waals surface area contributed by atoms with E-state index in [0.717, 1.165) is 0 Å². The summed E-state index contributed by atoms with van der Waals surface area (Å²) in [6.45, 7) is 1.97. The fourth-order valence-electron chi connectivity index (χ4n) is 3.01. The lowest BCUT2D eigenvalue weighted by molar-refractivity contribution is 0.0709.